The molecular weight excluding hydrogens is 368 g/mol. The van der Waals surface area contributed by atoms with Crippen LogP contribution in [0.25, 0.3) is 0 Å². The van der Waals surface area contributed by atoms with Gasteiger partial charge in [-0.1, -0.05) is 12.1 Å². The van der Waals surface area contributed by atoms with Crippen molar-refractivity contribution in [3.8, 4) is 11.5 Å². The molecule has 8 heteroatoms. The molecule has 1 fully saturated rings. The standard InChI is InChI=1S/C19H20N2O5S/c22-19-6-3-11-21(19)14-7-9-16(10-8-14)27(23,24)20-12-15-13-25-17-4-1-2-5-18(17)26-15/h1-2,4-5,7-10,15,20H,3,6,11-13H2/t15-/m1/s1. The van der Waals surface area contributed by atoms with E-state index in [1.165, 1.54) is 12.1 Å². The third-order valence-electron chi connectivity index (χ3n) is 4.60. The molecule has 2 aliphatic rings. The number of amides is 1. The molecule has 1 amide bonds. The van der Waals surface area contributed by atoms with E-state index in [1.807, 2.05) is 18.2 Å². The van der Waals surface area contributed by atoms with Gasteiger partial charge in [0.1, 0.15) is 12.7 Å². The number of nitrogens with one attached hydrogen (secondary N) is 1. The molecular formula is C19H20N2O5S. The Hall–Kier alpha value is -2.58. The zero-order valence-corrected chi connectivity index (χ0v) is 15.4. The van der Waals surface area contributed by atoms with Crippen LogP contribution in [0, 0.1) is 0 Å². The number of ether oxygens (including phenoxy) is 2. The fourth-order valence-electron chi connectivity index (χ4n) is 3.18. The summed E-state index contributed by atoms with van der Waals surface area (Å²) < 4.78 is 39.0. The third kappa shape index (κ3) is 3.77. The molecule has 0 bridgehead atoms. The van der Waals surface area contributed by atoms with E-state index in [1.54, 1.807) is 23.1 Å². The molecule has 0 spiro atoms. The Bertz CT molecular complexity index is 943. The van der Waals surface area contributed by atoms with Crippen LogP contribution in [0.3, 0.4) is 0 Å². The molecule has 0 saturated carbocycles. The van der Waals surface area contributed by atoms with Gasteiger partial charge in [0, 0.05) is 18.7 Å². The average Bonchev–Trinajstić information content (AvgIpc) is 3.12. The highest BCUT2D eigenvalue weighted by atomic mass is 32.2. The zero-order valence-electron chi connectivity index (χ0n) is 14.6. The summed E-state index contributed by atoms with van der Waals surface area (Å²) in [5, 5.41) is 0. The number of carbonyl (C=O) groups is 1. The lowest BCUT2D eigenvalue weighted by Crippen LogP contribution is -2.40. The van der Waals surface area contributed by atoms with E-state index in [4.69, 9.17) is 9.47 Å². The third-order valence-corrected chi connectivity index (χ3v) is 6.04. The van der Waals surface area contributed by atoms with Gasteiger partial charge in [-0.2, -0.15) is 0 Å². The molecule has 1 N–H and O–H groups in total. The number of para-hydroxylation sites is 2. The summed E-state index contributed by atoms with van der Waals surface area (Å²) in [6.45, 7) is 1.04. The number of rotatable bonds is 5. The Kier molecular flexibility index (Phi) is 4.75. The Morgan fingerprint density at radius 2 is 1.81 bits per heavy atom. The van der Waals surface area contributed by atoms with E-state index < -0.39 is 16.1 Å². The van der Waals surface area contributed by atoms with E-state index in [0.29, 0.717) is 24.5 Å². The van der Waals surface area contributed by atoms with E-state index in [9.17, 15) is 13.2 Å². The van der Waals surface area contributed by atoms with E-state index in [2.05, 4.69) is 4.72 Å². The van der Waals surface area contributed by atoms with Crippen molar-refractivity contribution in [1.82, 2.24) is 4.72 Å². The fraction of sp³-hybridized carbons (Fsp3) is 0.316. The van der Waals surface area contributed by atoms with Crippen LogP contribution in [0.15, 0.2) is 53.4 Å². The van der Waals surface area contributed by atoms with Crippen molar-refractivity contribution in [3.63, 3.8) is 0 Å². The monoisotopic (exact) mass is 388 g/mol. The normalized spacial score (nSPS) is 19.3. The first-order chi connectivity index (χ1) is 13.0. The Morgan fingerprint density at radius 1 is 1.07 bits per heavy atom. The van der Waals surface area contributed by atoms with Gasteiger partial charge in [0.05, 0.1) is 11.4 Å². The quantitative estimate of drug-likeness (QED) is 0.846. The predicted molar refractivity (Wildman–Crippen MR) is 99.6 cm³/mol. The van der Waals surface area contributed by atoms with Gasteiger partial charge in [0.25, 0.3) is 0 Å². The SMILES string of the molecule is O=C1CCCN1c1ccc(S(=O)(=O)NC[C@@H]2COc3ccccc3O2)cc1. The van der Waals surface area contributed by atoms with Crippen molar-refractivity contribution >= 4 is 21.6 Å². The van der Waals surface area contributed by atoms with Crippen molar-refractivity contribution in [3.05, 3.63) is 48.5 Å². The molecule has 142 valence electrons. The molecule has 0 aromatic heterocycles. The topological polar surface area (TPSA) is 84.9 Å². The zero-order chi connectivity index (χ0) is 18.9. The van der Waals surface area contributed by atoms with Crippen LogP contribution < -0.4 is 19.1 Å². The first-order valence-electron chi connectivity index (χ1n) is 8.81. The maximum absolute atomic E-state index is 12.5. The van der Waals surface area contributed by atoms with Gasteiger partial charge >= 0.3 is 0 Å². The van der Waals surface area contributed by atoms with Gasteiger partial charge in [-0.05, 0) is 42.8 Å². The number of benzene rings is 2. The summed E-state index contributed by atoms with van der Waals surface area (Å²) in [6.07, 6.45) is 0.956. The predicted octanol–water partition coefficient (Wildman–Crippen LogP) is 1.93. The Morgan fingerprint density at radius 3 is 2.52 bits per heavy atom. The number of carbonyl (C=O) groups excluding carboxylic acids is 1. The Labute approximate surface area is 157 Å². The molecule has 2 aromatic carbocycles. The van der Waals surface area contributed by atoms with Crippen LogP contribution in [0.5, 0.6) is 11.5 Å². The van der Waals surface area contributed by atoms with Gasteiger partial charge in [-0.25, -0.2) is 13.1 Å². The summed E-state index contributed by atoms with van der Waals surface area (Å²) in [5.74, 6) is 1.33. The molecule has 27 heavy (non-hydrogen) atoms. The number of fused-ring (bicyclic) bond motifs is 1. The van der Waals surface area contributed by atoms with Crippen LogP contribution in [-0.4, -0.2) is 40.1 Å². The van der Waals surface area contributed by atoms with Gasteiger partial charge < -0.3 is 14.4 Å². The highest BCUT2D eigenvalue weighted by Gasteiger charge is 2.25. The molecule has 2 heterocycles. The number of sulfonamides is 1. The number of hydrogen-bond donors (Lipinski definition) is 1. The average molecular weight is 388 g/mol. The first-order valence-corrected chi connectivity index (χ1v) is 10.3. The molecule has 4 rings (SSSR count). The minimum atomic E-state index is -3.68. The maximum Gasteiger partial charge on any atom is 0.240 e. The second kappa shape index (κ2) is 7.21. The maximum atomic E-state index is 12.5. The number of hydrogen-bond acceptors (Lipinski definition) is 5. The van der Waals surface area contributed by atoms with E-state index >= 15 is 0 Å². The lowest BCUT2D eigenvalue weighted by Gasteiger charge is -2.26. The lowest BCUT2D eigenvalue weighted by molar-refractivity contribution is -0.117. The smallest absolute Gasteiger partial charge is 0.240 e. The lowest BCUT2D eigenvalue weighted by atomic mass is 10.2. The van der Waals surface area contributed by atoms with E-state index in [0.717, 1.165) is 12.1 Å². The highest BCUT2D eigenvalue weighted by molar-refractivity contribution is 7.89. The molecule has 1 atom stereocenters. The molecule has 1 saturated heterocycles. The largest absolute Gasteiger partial charge is 0.486 e. The van der Waals surface area contributed by atoms with Crippen LogP contribution in [0.1, 0.15) is 12.8 Å². The molecule has 2 aromatic rings. The Balaban J connectivity index is 1.39. The second-order valence-corrected chi connectivity index (χ2v) is 8.26. The molecule has 0 radical (unpaired) electrons. The van der Waals surface area contributed by atoms with Gasteiger partial charge in [0.15, 0.2) is 11.5 Å². The van der Waals surface area contributed by atoms with Crippen molar-refractivity contribution in [2.24, 2.45) is 0 Å². The van der Waals surface area contributed by atoms with Crippen LogP contribution >= 0.6 is 0 Å². The van der Waals surface area contributed by atoms with Gasteiger partial charge in [-0.15, -0.1) is 0 Å². The number of anilines is 1. The van der Waals surface area contributed by atoms with Crippen molar-refractivity contribution in [2.45, 2.75) is 23.8 Å². The molecule has 7 nitrogen and oxygen atoms in total. The van der Waals surface area contributed by atoms with Crippen molar-refractivity contribution in [1.29, 1.82) is 0 Å². The summed E-state index contributed by atoms with van der Waals surface area (Å²) in [6, 6.07) is 13.6. The van der Waals surface area contributed by atoms with Crippen molar-refractivity contribution in [2.75, 3.05) is 24.6 Å². The van der Waals surface area contributed by atoms with E-state index in [-0.39, 0.29) is 24.0 Å². The first kappa shape index (κ1) is 17.8. The molecule has 2 aliphatic heterocycles. The molecule has 0 unspecified atom stereocenters. The summed E-state index contributed by atoms with van der Waals surface area (Å²) in [5.41, 5.74) is 0.720. The van der Waals surface area contributed by atoms with Gasteiger partial charge in [0.2, 0.25) is 15.9 Å². The molecule has 0 aliphatic carbocycles. The minimum Gasteiger partial charge on any atom is -0.486 e. The van der Waals surface area contributed by atoms with Gasteiger partial charge in [-0.3, -0.25) is 4.79 Å². The van der Waals surface area contributed by atoms with Crippen LogP contribution in [-0.2, 0) is 14.8 Å². The van der Waals surface area contributed by atoms with Crippen LogP contribution in [0.2, 0.25) is 0 Å². The summed E-state index contributed by atoms with van der Waals surface area (Å²) in [4.78, 5) is 13.6. The van der Waals surface area contributed by atoms with Crippen LogP contribution in [0.4, 0.5) is 5.69 Å². The summed E-state index contributed by atoms with van der Waals surface area (Å²) in [7, 11) is -3.68. The number of nitrogens with zero attached hydrogens (tertiary/aromatic N) is 1. The highest BCUT2D eigenvalue weighted by Crippen LogP contribution is 2.30. The summed E-state index contributed by atoms with van der Waals surface area (Å²) >= 11 is 0. The fourth-order valence-corrected chi connectivity index (χ4v) is 4.24. The minimum absolute atomic E-state index is 0.0680. The van der Waals surface area contributed by atoms with Crippen molar-refractivity contribution < 1.29 is 22.7 Å². The second-order valence-electron chi connectivity index (χ2n) is 6.49.